The minimum absolute atomic E-state index is 0.0163. The molecule has 3 rings (SSSR count). The van der Waals surface area contributed by atoms with E-state index in [-0.39, 0.29) is 37.0 Å². The summed E-state index contributed by atoms with van der Waals surface area (Å²) in [5.74, 6) is -2.59. The Balaban J connectivity index is 2.11. The Kier molecular flexibility index (Phi) is 6.22. The van der Waals surface area contributed by atoms with Crippen LogP contribution in [0.1, 0.15) is 60.8 Å². The van der Waals surface area contributed by atoms with Gasteiger partial charge in [-0.15, -0.1) is 0 Å². The highest BCUT2D eigenvalue weighted by Crippen LogP contribution is 2.63. The molecule has 3 aliphatic rings. The van der Waals surface area contributed by atoms with E-state index in [0.29, 0.717) is 12.8 Å². The molecule has 3 saturated heterocycles. The van der Waals surface area contributed by atoms with Crippen LogP contribution in [0.2, 0.25) is 0 Å². The molecule has 30 heavy (non-hydrogen) atoms. The molecule has 1 spiro atoms. The van der Waals surface area contributed by atoms with Crippen molar-refractivity contribution in [3.8, 4) is 0 Å². The topological polar surface area (TPSA) is 105 Å². The third-order valence-corrected chi connectivity index (χ3v) is 7.28. The normalized spacial score (nSPS) is 36.7. The zero-order valence-corrected chi connectivity index (χ0v) is 18.9. The van der Waals surface area contributed by atoms with Crippen LogP contribution < -0.4 is 5.32 Å². The number of hydrogen-bond acceptors (Lipinski definition) is 6. The maximum atomic E-state index is 13.8. The zero-order chi connectivity index (χ0) is 22.4. The fourth-order valence-corrected chi connectivity index (χ4v) is 5.79. The highest BCUT2D eigenvalue weighted by Gasteiger charge is 2.78. The van der Waals surface area contributed by atoms with Gasteiger partial charge >= 0.3 is 5.97 Å². The van der Waals surface area contributed by atoms with E-state index in [2.05, 4.69) is 5.32 Å². The molecule has 7 atom stereocenters. The third-order valence-electron chi connectivity index (χ3n) is 7.28. The van der Waals surface area contributed by atoms with Gasteiger partial charge in [0, 0.05) is 6.04 Å². The van der Waals surface area contributed by atoms with Crippen LogP contribution in [0.3, 0.4) is 0 Å². The average Bonchev–Trinajstić information content (AvgIpc) is 3.23. The number of nitrogens with one attached hydrogen (secondary N) is 1. The van der Waals surface area contributed by atoms with Crippen LogP contribution in [0.15, 0.2) is 0 Å². The minimum Gasteiger partial charge on any atom is -0.466 e. The number of ether oxygens (including phenoxy) is 2. The Morgan fingerprint density at radius 2 is 1.97 bits per heavy atom. The van der Waals surface area contributed by atoms with Gasteiger partial charge in [-0.2, -0.15) is 0 Å². The maximum absolute atomic E-state index is 13.8. The van der Waals surface area contributed by atoms with E-state index in [0.717, 1.165) is 6.42 Å². The number of esters is 1. The lowest BCUT2D eigenvalue weighted by molar-refractivity contribution is -0.160. The molecule has 2 bridgehead atoms. The van der Waals surface area contributed by atoms with Gasteiger partial charge in [0.25, 0.3) is 0 Å². The SMILES string of the molecule is CCOC(=O)[C@H]1[C@H]2C(=O)N([C@@H](CO)[C@@H](C)CC)C(C(=O)NC(C)C)C23CC[C@]1(C)O3. The lowest BCUT2D eigenvalue weighted by atomic mass is 9.66. The molecule has 0 radical (unpaired) electrons. The van der Waals surface area contributed by atoms with Gasteiger partial charge in [-0.1, -0.05) is 20.3 Å². The van der Waals surface area contributed by atoms with Gasteiger partial charge in [0.1, 0.15) is 17.6 Å². The first-order chi connectivity index (χ1) is 14.1. The molecule has 3 fully saturated rings. The van der Waals surface area contributed by atoms with E-state index in [1.54, 1.807) is 6.92 Å². The molecule has 0 aromatic rings. The second kappa shape index (κ2) is 8.11. The summed E-state index contributed by atoms with van der Waals surface area (Å²) < 4.78 is 11.8. The van der Waals surface area contributed by atoms with E-state index in [1.807, 2.05) is 34.6 Å². The van der Waals surface area contributed by atoms with Crippen LogP contribution in [0.5, 0.6) is 0 Å². The number of hydrogen-bond donors (Lipinski definition) is 2. The van der Waals surface area contributed by atoms with Crippen molar-refractivity contribution in [2.75, 3.05) is 13.2 Å². The van der Waals surface area contributed by atoms with Crippen LogP contribution in [0.25, 0.3) is 0 Å². The second-order valence-corrected chi connectivity index (χ2v) is 9.52. The van der Waals surface area contributed by atoms with Crippen molar-refractivity contribution in [3.05, 3.63) is 0 Å². The van der Waals surface area contributed by atoms with Crippen LogP contribution in [0.4, 0.5) is 0 Å². The summed E-state index contributed by atoms with van der Waals surface area (Å²) in [5, 5.41) is 13.1. The monoisotopic (exact) mass is 424 g/mol. The summed E-state index contributed by atoms with van der Waals surface area (Å²) in [6, 6.07) is -1.52. The van der Waals surface area contributed by atoms with Crippen molar-refractivity contribution in [2.45, 2.75) is 90.1 Å². The van der Waals surface area contributed by atoms with Crippen molar-refractivity contribution >= 4 is 17.8 Å². The predicted molar refractivity (Wildman–Crippen MR) is 109 cm³/mol. The molecular weight excluding hydrogens is 388 g/mol. The number of fused-ring (bicyclic) bond motifs is 1. The molecule has 2 unspecified atom stereocenters. The summed E-state index contributed by atoms with van der Waals surface area (Å²) in [7, 11) is 0. The van der Waals surface area contributed by atoms with Crippen LogP contribution in [-0.4, -0.2) is 70.3 Å². The van der Waals surface area contributed by atoms with Gasteiger partial charge in [-0.3, -0.25) is 14.4 Å². The van der Waals surface area contributed by atoms with E-state index < -0.39 is 41.1 Å². The van der Waals surface area contributed by atoms with Crippen LogP contribution in [-0.2, 0) is 23.9 Å². The molecule has 170 valence electrons. The van der Waals surface area contributed by atoms with Gasteiger partial charge in [-0.25, -0.2) is 0 Å². The Hall–Kier alpha value is -1.67. The molecule has 0 aromatic heterocycles. The number of aliphatic hydroxyl groups is 1. The molecule has 8 nitrogen and oxygen atoms in total. The highest BCUT2D eigenvalue weighted by atomic mass is 16.6. The molecule has 3 aliphatic heterocycles. The lowest BCUT2D eigenvalue weighted by Crippen LogP contribution is -2.59. The maximum Gasteiger partial charge on any atom is 0.312 e. The van der Waals surface area contributed by atoms with Gasteiger partial charge in [0.15, 0.2) is 0 Å². The molecular formula is C22H36N2O6. The molecule has 3 heterocycles. The van der Waals surface area contributed by atoms with Crippen molar-refractivity contribution in [1.82, 2.24) is 10.2 Å². The number of amides is 2. The van der Waals surface area contributed by atoms with Crippen LogP contribution >= 0.6 is 0 Å². The Bertz CT molecular complexity index is 712. The number of nitrogens with zero attached hydrogens (tertiary/aromatic N) is 1. The first-order valence-electron chi connectivity index (χ1n) is 11.2. The second-order valence-electron chi connectivity index (χ2n) is 9.52. The van der Waals surface area contributed by atoms with E-state index >= 15 is 0 Å². The van der Waals surface area contributed by atoms with Crippen molar-refractivity contribution in [1.29, 1.82) is 0 Å². The van der Waals surface area contributed by atoms with E-state index in [4.69, 9.17) is 9.47 Å². The highest BCUT2D eigenvalue weighted by molar-refractivity contribution is 5.98. The molecule has 8 heteroatoms. The molecule has 0 aromatic carbocycles. The standard InChI is InChI=1S/C22H36N2O6/c1-7-13(5)14(11-25)24-17(18(26)23-12(3)4)22-10-9-21(6,30-22)16(15(22)19(24)27)20(28)29-8-2/h12-17,25H,7-11H2,1-6H3,(H,23,26)/t13-,14-,15-,16+,17?,21-,22?/m0/s1. The Labute approximate surface area is 178 Å². The van der Waals surface area contributed by atoms with Gasteiger partial charge < -0.3 is 24.8 Å². The van der Waals surface area contributed by atoms with Gasteiger partial charge in [-0.05, 0) is 46.5 Å². The smallest absolute Gasteiger partial charge is 0.312 e. The number of rotatable bonds is 8. The number of aliphatic hydroxyl groups excluding tert-OH is 1. The quantitative estimate of drug-likeness (QED) is 0.568. The van der Waals surface area contributed by atoms with Crippen molar-refractivity contribution < 1.29 is 29.0 Å². The Morgan fingerprint density at radius 1 is 1.30 bits per heavy atom. The van der Waals surface area contributed by atoms with Gasteiger partial charge in [0.05, 0.1) is 30.8 Å². The van der Waals surface area contributed by atoms with Crippen molar-refractivity contribution in [3.63, 3.8) is 0 Å². The fourth-order valence-electron chi connectivity index (χ4n) is 5.79. The molecule has 2 N–H and O–H groups in total. The summed E-state index contributed by atoms with van der Waals surface area (Å²) >= 11 is 0. The first-order valence-corrected chi connectivity index (χ1v) is 11.2. The Morgan fingerprint density at radius 3 is 2.50 bits per heavy atom. The first kappa shape index (κ1) is 23.0. The predicted octanol–water partition coefficient (Wildman–Crippen LogP) is 1.25. The van der Waals surface area contributed by atoms with Crippen LogP contribution in [0, 0.1) is 17.8 Å². The number of carbonyl (C=O) groups excluding carboxylic acids is 3. The largest absolute Gasteiger partial charge is 0.466 e. The third kappa shape index (κ3) is 3.23. The minimum atomic E-state index is -1.08. The molecule has 2 amide bonds. The van der Waals surface area contributed by atoms with E-state index in [9.17, 15) is 19.5 Å². The summed E-state index contributed by atoms with van der Waals surface area (Å²) in [6.45, 7) is 11.2. The number of carbonyl (C=O) groups is 3. The zero-order valence-electron chi connectivity index (χ0n) is 18.9. The van der Waals surface area contributed by atoms with Crippen molar-refractivity contribution in [2.24, 2.45) is 17.8 Å². The lowest BCUT2D eigenvalue weighted by Gasteiger charge is -2.39. The average molecular weight is 425 g/mol. The number of likely N-dealkylation sites (tertiary alicyclic amines) is 1. The summed E-state index contributed by atoms with van der Waals surface area (Å²) in [6.07, 6.45) is 1.83. The molecule has 0 aliphatic carbocycles. The van der Waals surface area contributed by atoms with Gasteiger partial charge in [0.2, 0.25) is 11.8 Å². The molecule has 0 saturated carbocycles. The summed E-state index contributed by atoms with van der Waals surface area (Å²) in [5.41, 5.74) is -1.91. The fraction of sp³-hybridized carbons (Fsp3) is 0.864. The van der Waals surface area contributed by atoms with E-state index in [1.165, 1.54) is 4.90 Å². The summed E-state index contributed by atoms with van der Waals surface area (Å²) in [4.78, 5) is 41.6.